The first kappa shape index (κ1) is 24.8. The van der Waals surface area contributed by atoms with E-state index < -0.39 is 17.8 Å². The molecule has 0 aliphatic rings. The van der Waals surface area contributed by atoms with Gasteiger partial charge in [0.1, 0.15) is 11.3 Å². The number of fused-ring (bicyclic) bond motifs is 1. The van der Waals surface area contributed by atoms with Crippen LogP contribution in [0.25, 0.3) is 16.9 Å². The van der Waals surface area contributed by atoms with Crippen molar-refractivity contribution in [3.05, 3.63) is 62.8 Å². The average Bonchev–Trinajstić information content (AvgIpc) is 3.24. The minimum Gasteiger partial charge on any atom is -0.506 e. The van der Waals surface area contributed by atoms with Gasteiger partial charge in [0.05, 0.1) is 35.1 Å². The molecule has 0 fully saturated rings. The third-order valence-electron chi connectivity index (χ3n) is 4.96. The van der Waals surface area contributed by atoms with Crippen LogP contribution >= 0.6 is 31.9 Å². The molecule has 1 amide bonds. The Balaban J connectivity index is 1.84. The van der Waals surface area contributed by atoms with E-state index in [0.29, 0.717) is 30.5 Å². The molecule has 13 heteroatoms. The number of hydrogen-bond donors (Lipinski definition) is 2. The quantitative estimate of drug-likeness (QED) is 0.271. The molecule has 0 radical (unpaired) electrons. The number of carbonyl (C=O) groups excluding carboxylic acids is 1. The molecular formula is C22H15Br2F3N4O4. The maximum absolute atomic E-state index is 13.9. The number of aromatic nitrogens is 3. The van der Waals surface area contributed by atoms with E-state index in [1.165, 1.54) is 44.6 Å². The fourth-order valence-electron chi connectivity index (χ4n) is 3.30. The van der Waals surface area contributed by atoms with Gasteiger partial charge in [0.2, 0.25) is 0 Å². The molecule has 0 atom stereocenters. The van der Waals surface area contributed by atoms with Gasteiger partial charge in [-0.1, -0.05) is 0 Å². The van der Waals surface area contributed by atoms with Crippen molar-refractivity contribution in [2.45, 2.75) is 6.18 Å². The number of carbonyl (C=O) groups is 1. The van der Waals surface area contributed by atoms with Crippen molar-refractivity contribution >= 4 is 49.1 Å². The average molecular weight is 616 g/mol. The zero-order valence-electron chi connectivity index (χ0n) is 17.9. The van der Waals surface area contributed by atoms with Gasteiger partial charge in [-0.25, -0.2) is 9.50 Å². The van der Waals surface area contributed by atoms with Crippen LogP contribution in [0.5, 0.6) is 17.2 Å². The highest BCUT2D eigenvalue weighted by Crippen LogP contribution is 2.37. The van der Waals surface area contributed by atoms with Gasteiger partial charge in [0.15, 0.2) is 22.8 Å². The molecule has 0 unspecified atom stereocenters. The van der Waals surface area contributed by atoms with Crippen LogP contribution in [0.4, 0.5) is 18.9 Å². The minimum absolute atomic E-state index is 0.0459. The molecule has 0 aliphatic heterocycles. The van der Waals surface area contributed by atoms with Gasteiger partial charge in [0, 0.05) is 11.3 Å². The number of phenols is 1. The summed E-state index contributed by atoms with van der Waals surface area (Å²) in [6.45, 7) is 0. The smallest absolute Gasteiger partial charge is 0.433 e. The lowest BCUT2D eigenvalue weighted by Gasteiger charge is -2.13. The van der Waals surface area contributed by atoms with Crippen molar-refractivity contribution in [3.8, 4) is 28.5 Å². The first-order valence-electron chi connectivity index (χ1n) is 9.71. The normalized spacial score (nSPS) is 11.5. The van der Waals surface area contributed by atoms with Crippen LogP contribution in [0.1, 0.15) is 16.1 Å². The lowest BCUT2D eigenvalue weighted by atomic mass is 10.1. The minimum atomic E-state index is -4.78. The Morgan fingerprint density at radius 2 is 1.71 bits per heavy atom. The van der Waals surface area contributed by atoms with Crippen LogP contribution in [-0.2, 0) is 6.18 Å². The number of halogens is 5. The summed E-state index contributed by atoms with van der Waals surface area (Å²) < 4.78 is 53.3. The van der Waals surface area contributed by atoms with Crippen LogP contribution in [0, 0.1) is 0 Å². The maximum Gasteiger partial charge on any atom is 0.433 e. The molecule has 0 saturated carbocycles. The molecule has 0 saturated heterocycles. The molecule has 2 aromatic carbocycles. The molecule has 182 valence electrons. The molecule has 2 heterocycles. The zero-order valence-corrected chi connectivity index (χ0v) is 21.1. The van der Waals surface area contributed by atoms with E-state index in [4.69, 9.17) is 9.47 Å². The van der Waals surface area contributed by atoms with Gasteiger partial charge in [-0.05, 0) is 68.3 Å². The Kier molecular flexibility index (Phi) is 6.64. The summed E-state index contributed by atoms with van der Waals surface area (Å²) in [6.07, 6.45) is -3.77. The fourth-order valence-corrected chi connectivity index (χ4v) is 4.49. The van der Waals surface area contributed by atoms with E-state index in [0.717, 1.165) is 12.3 Å². The summed E-state index contributed by atoms with van der Waals surface area (Å²) in [5, 5.41) is 16.2. The number of nitrogens with one attached hydrogen (secondary N) is 1. The number of alkyl halides is 3. The SMILES string of the molecule is COc1ccc(-c2cc(C(F)(F)F)n3ncc(C(=O)Nc4cc(Br)c(O)c(Br)c4)c3n2)cc1OC. The zero-order chi connectivity index (χ0) is 25.5. The monoisotopic (exact) mass is 614 g/mol. The summed E-state index contributed by atoms with van der Waals surface area (Å²) in [4.78, 5) is 17.3. The third kappa shape index (κ3) is 4.78. The molecular weight excluding hydrogens is 601 g/mol. The van der Waals surface area contributed by atoms with Crippen molar-refractivity contribution in [1.29, 1.82) is 0 Å². The number of anilines is 1. The summed E-state index contributed by atoms with van der Waals surface area (Å²) >= 11 is 6.32. The Labute approximate surface area is 212 Å². The highest BCUT2D eigenvalue weighted by Gasteiger charge is 2.36. The second kappa shape index (κ2) is 9.38. The van der Waals surface area contributed by atoms with E-state index in [2.05, 4.69) is 47.3 Å². The van der Waals surface area contributed by atoms with Crippen LogP contribution in [0.3, 0.4) is 0 Å². The number of nitrogens with zero attached hydrogens (tertiary/aromatic N) is 3. The predicted octanol–water partition coefficient (Wildman–Crippen LogP) is 5.92. The number of rotatable bonds is 5. The second-order valence-electron chi connectivity index (χ2n) is 7.13. The number of aromatic hydroxyl groups is 1. The maximum atomic E-state index is 13.9. The number of hydrogen-bond acceptors (Lipinski definition) is 6. The number of ether oxygens (including phenoxy) is 2. The Morgan fingerprint density at radius 3 is 2.31 bits per heavy atom. The molecule has 4 aromatic rings. The van der Waals surface area contributed by atoms with Gasteiger partial charge >= 0.3 is 6.18 Å². The van der Waals surface area contributed by atoms with Crippen LogP contribution in [0.15, 0.2) is 51.5 Å². The first-order chi connectivity index (χ1) is 16.5. The topological polar surface area (TPSA) is 98.0 Å². The molecule has 2 N–H and O–H groups in total. The number of methoxy groups -OCH3 is 2. The molecule has 8 nitrogen and oxygen atoms in total. The van der Waals surface area contributed by atoms with Crippen LogP contribution < -0.4 is 14.8 Å². The Morgan fingerprint density at radius 1 is 1.06 bits per heavy atom. The van der Waals surface area contributed by atoms with E-state index >= 15 is 0 Å². The Hall–Kier alpha value is -3.32. The number of benzene rings is 2. The molecule has 0 aliphatic carbocycles. The van der Waals surface area contributed by atoms with E-state index in [1.54, 1.807) is 0 Å². The highest BCUT2D eigenvalue weighted by atomic mass is 79.9. The van der Waals surface area contributed by atoms with Crippen LogP contribution in [0.2, 0.25) is 0 Å². The lowest BCUT2D eigenvalue weighted by Crippen LogP contribution is -2.16. The summed E-state index contributed by atoms with van der Waals surface area (Å²) in [5.41, 5.74) is -1.04. The first-order valence-corrected chi connectivity index (χ1v) is 11.3. The number of phenolic OH excluding ortho intramolecular Hbond substituents is 1. The van der Waals surface area contributed by atoms with Gasteiger partial charge in [-0.3, -0.25) is 4.79 Å². The van der Waals surface area contributed by atoms with E-state index in [1.807, 2.05) is 0 Å². The van der Waals surface area contributed by atoms with E-state index in [-0.39, 0.29) is 28.3 Å². The van der Waals surface area contributed by atoms with E-state index in [9.17, 15) is 23.1 Å². The Bertz CT molecular complexity index is 1430. The molecule has 4 rings (SSSR count). The molecule has 0 spiro atoms. The van der Waals surface area contributed by atoms with Crippen molar-refractivity contribution in [1.82, 2.24) is 14.6 Å². The molecule has 0 bridgehead atoms. The van der Waals surface area contributed by atoms with Gasteiger partial charge < -0.3 is 19.9 Å². The van der Waals surface area contributed by atoms with Crippen molar-refractivity contribution < 1.29 is 32.5 Å². The van der Waals surface area contributed by atoms with Crippen molar-refractivity contribution in [2.24, 2.45) is 0 Å². The van der Waals surface area contributed by atoms with Gasteiger partial charge in [0.25, 0.3) is 5.91 Å². The predicted molar refractivity (Wildman–Crippen MR) is 128 cm³/mol. The van der Waals surface area contributed by atoms with Crippen molar-refractivity contribution in [2.75, 3.05) is 19.5 Å². The van der Waals surface area contributed by atoms with Gasteiger partial charge in [-0.2, -0.15) is 18.3 Å². The standard InChI is InChI=1S/C22H15Br2F3N4O4/c1-34-16-4-3-10(5-17(16)35-2)15-8-18(22(25,26)27)31-20(30-15)12(9-28-31)21(33)29-11-6-13(23)19(32)14(24)7-11/h3-9,32H,1-2H3,(H,29,33). The highest BCUT2D eigenvalue weighted by molar-refractivity contribution is 9.11. The second-order valence-corrected chi connectivity index (χ2v) is 8.84. The number of amides is 1. The van der Waals surface area contributed by atoms with Crippen LogP contribution in [-0.4, -0.2) is 39.8 Å². The summed E-state index contributed by atoms with van der Waals surface area (Å²) in [6, 6.07) is 8.27. The molecule has 35 heavy (non-hydrogen) atoms. The largest absolute Gasteiger partial charge is 0.506 e. The lowest BCUT2D eigenvalue weighted by molar-refractivity contribution is -0.142. The van der Waals surface area contributed by atoms with Crippen molar-refractivity contribution in [3.63, 3.8) is 0 Å². The van der Waals surface area contributed by atoms with Gasteiger partial charge in [-0.15, -0.1) is 0 Å². The summed E-state index contributed by atoms with van der Waals surface area (Å²) in [5.74, 6) is -0.121. The summed E-state index contributed by atoms with van der Waals surface area (Å²) in [7, 11) is 2.84. The molecule has 2 aromatic heterocycles. The fraction of sp³-hybridized carbons (Fsp3) is 0.136. The third-order valence-corrected chi connectivity index (χ3v) is 6.17.